The standard InChI is InChI=1S/C42H36Cl2FN5O6/c1-48(2)27-15-9-25(10-16-27)46-47-26-11-17-28(18-12-26)49-37(52)32-20-19-30-33(35(32)38(49)53)23-41(43)39(54)50(29-13-7-24(45)8-14-29)40(55)42(41,44)36(30)31-5-3-4-6-34(31)56-22-21-51/h3-19,32-33,35-36,51H,20-23H2,1-2H3/t32-,33+,35-,36+,41+,42-/m0/s1. The Morgan fingerprint density at radius 2 is 1.41 bits per heavy atom. The maximum absolute atomic E-state index is 14.7. The second-order valence-electron chi connectivity index (χ2n) is 14.5. The molecule has 0 spiro atoms. The van der Waals surface area contributed by atoms with Gasteiger partial charge in [-0.15, -0.1) is 23.2 Å². The molecule has 0 bridgehead atoms. The van der Waals surface area contributed by atoms with E-state index in [-0.39, 0.29) is 31.7 Å². The molecule has 0 unspecified atom stereocenters. The van der Waals surface area contributed by atoms with Crippen LogP contribution in [0.3, 0.4) is 0 Å². The number of allylic oxidation sites excluding steroid dienone is 2. The lowest BCUT2D eigenvalue weighted by Gasteiger charge is -2.50. The van der Waals surface area contributed by atoms with E-state index in [1.807, 2.05) is 49.3 Å². The summed E-state index contributed by atoms with van der Waals surface area (Å²) in [6, 6.07) is 25.8. The number of aliphatic hydroxyl groups excluding tert-OH is 1. The van der Waals surface area contributed by atoms with Gasteiger partial charge in [-0.1, -0.05) is 29.8 Å². The molecule has 2 heterocycles. The third-order valence-electron chi connectivity index (χ3n) is 11.2. The highest BCUT2D eigenvalue weighted by molar-refractivity contribution is 6.58. The molecule has 1 saturated carbocycles. The first-order valence-electron chi connectivity index (χ1n) is 18.1. The zero-order chi connectivity index (χ0) is 39.5. The number of halogens is 3. The number of nitrogens with zero attached hydrogens (tertiary/aromatic N) is 5. The van der Waals surface area contributed by atoms with Crippen LogP contribution in [-0.4, -0.2) is 65.8 Å². The summed E-state index contributed by atoms with van der Waals surface area (Å²) >= 11 is 15.0. The number of fused-ring (bicyclic) bond motifs is 4. The minimum absolute atomic E-state index is 0.0707. The first-order chi connectivity index (χ1) is 26.9. The lowest BCUT2D eigenvalue weighted by Crippen LogP contribution is -2.60. The Labute approximate surface area is 332 Å². The third-order valence-corrected chi connectivity index (χ3v) is 12.6. The normalized spacial score (nSPS) is 27.0. The molecule has 4 aromatic rings. The van der Waals surface area contributed by atoms with E-state index >= 15 is 0 Å². The largest absolute Gasteiger partial charge is 0.491 e. The van der Waals surface area contributed by atoms with Crippen LogP contribution in [0, 0.1) is 23.6 Å². The van der Waals surface area contributed by atoms with Crippen molar-refractivity contribution in [2.45, 2.75) is 28.5 Å². The maximum Gasteiger partial charge on any atom is 0.258 e. The predicted molar refractivity (Wildman–Crippen MR) is 209 cm³/mol. The van der Waals surface area contributed by atoms with E-state index in [1.165, 1.54) is 12.1 Å². The molecule has 2 aliphatic carbocycles. The van der Waals surface area contributed by atoms with Gasteiger partial charge in [0.2, 0.25) is 11.8 Å². The molecule has 6 atom stereocenters. The van der Waals surface area contributed by atoms with E-state index in [1.54, 1.807) is 48.5 Å². The summed E-state index contributed by atoms with van der Waals surface area (Å²) in [5.41, 5.74) is 3.63. The monoisotopic (exact) mass is 795 g/mol. The third kappa shape index (κ3) is 5.81. The van der Waals surface area contributed by atoms with Crippen LogP contribution >= 0.6 is 23.2 Å². The van der Waals surface area contributed by atoms with Gasteiger partial charge in [0.1, 0.15) is 18.2 Å². The molecule has 4 aliphatic rings. The van der Waals surface area contributed by atoms with E-state index in [9.17, 15) is 28.7 Å². The fourth-order valence-electron chi connectivity index (χ4n) is 8.61. The number of rotatable bonds is 9. The first-order valence-corrected chi connectivity index (χ1v) is 18.9. The molecule has 0 aromatic heterocycles. The fourth-order valence-corrected chi connectivity index (χ4v) is 9.53. The molecule has 0 radical (unpaired) electrons. The number of imide groups is 2. The number of aliphatic hydroxyl groups is 1. The van der Waals surface area contributed by atoms with Gasteiger partial charge >= 0.3 is 0 Å². The summed E-state index contributed by atoms with van der Waals surface area (Å²) in [7, 11) is 3.89. The van der Waals surface area contributed by atoms with Crippen LogP contribution in [0.1, 0.15) is 24.3 Å². The fraction of sp³-hybridized carbons (Fsp3) is 0.286. The number of hydrogen-bond acceptors (Lipinski definition) is 9. The SMILES string of the molecule is CN(C)c1ccc(N=Nc2ccc(N3C(=O)[C@H]4[C@H](CC=C5[C@H]4C[C@@]4(Cl)C(=O)N(c6ccc(F)cc6)C(=O)[C@@]4(Cl)[C@H]5c4ccccc4OCCO)C3=O)cc2)cc1. The summed E-state index contributed by atoms with van der Waals surface area (Å²) in [6.07, 6.45) is 1.77. The zero-order valence-corrected chi connectivity index (χ0v) is 31.8. The number of azo groups is 1. The van der Waals surface area contributed by atoms with Crippen LogP contribution in [-0.2, 0) is 19.2 Å². The van der Waals surface area contributed by atoms with Gasteiger partial charge in [-0.05, 0) is 97.6 Å². The molecule has 56 heavy (non-hydrogen) atoms. The Morgan fingerprint density at radius 3 is 2.05 bits per heavy atom. The number of carbonyl (C=O) groups excluding carboxylic acids is 4. The maximum atomic E-state index is 14.7. The van der Waals surface area contributed by atoms with Crippen LogP contribution < -0.4 is 19.4 Å². The number of benzene rings is 4. The van der Waals surface area contributed by atoms with Gasteiger partial charge in [0.05, 0.1) is 41.2 Å². The number of alkyl halides is 2. The topological polar surface area (TPSA) is 132 Å². The van der Waals surface area contributed by atoms with Crippen LogP contribution in [0.4, 0.5) is 32.8 Å². The zero-order valence-electron chi connectivity index (χ0n) is 30.3. The lowest BCUT2D eigenvalue weighted by atomic mass is 9.56. The van der Waals surface area contributed by atoms with Crippen LogP contribution in [0.2, 0.25) is 0 Å². The molecule has 286 valence electrons. The van der Waals surface area contributed by atoms with E-state index in [2.05, 4.69) is 10.2 Å². The van der Waals surface area contributed by atoms with E-state index in [0.717, 1.165) is 27.6 Å². The number of ether oxygens (including phenoxy) is 1. The van der Waals surface area contributed by atoms with Gasteiger partial charge in [0.25, 0.3) is 11.8 Å². The van der Waals surface area contributed by atoms with Crippen LogP contribution in [0.15, 0.2) is 119 Å². The molecular formula is C42H36Cl2FN5O6. The second kappa shape index (κ2) is 14.3. The Balaban J connectivity index is 1.16. The Hall–Kier alpha value is -5.43. The smallest absolute Gasteiger partial charge is 0.258 e. The molecule has 14 heteroatoms. The molecule has 2 saturated heterocycles. The van der Waals surface area contributed by atoms with Gasteiger partial charge < -0.3 is 14.7 Å². The highest BCUT2D eigenvalue weighted by atomic mass is 35.5. The number of anilines is 3. The minimum Gasteiger partial charge on any atom is -0.491 e. The van der Waals surface area contributed by atoms with Gasteiger partial charge in [0, 0.05) is 31.3 Å². The van der Waals surface area contributed by atoms with Crippen molar-refractivity contribution in [3.05, 3.63) is 120 Å². The summed E-state index contributed by atoms with van der Waals surface area (Å²) in [5, 5.41) is 18.2. The quantitative estimate of drug-likeness (QED) is 0.0806. The van der Waals surface area contributed by atoms with Gasteiger partial charge in [-0.2, -0.15) is 10.2 Å². The summed E-state index contributed by atoms with van der Waals surface area (Å²) < 4.78 is 19.9. The van der Waals surface area contributed by atoms with E-state index in [0.29, 0.717) is 33.9 Å². The highest BCUT2D eigenvalue weighted by Gasteiger charge is 2.77. The number of para-hydroxylation sites is 1. The molecule has 8 rings (SSSR count). The number of carbonyl (C=O) groups is 4. The first kappa shape index (κ1) is 37.5. The van der Waals surface area contributed by atoms with Crippen molar-refractivity contribution in [1.82, 2.24) is 0 Å². The lowest BCUT2D eigenvalue weighted by molar-refractivity contribution is -0.125. The van der Waals surface area contributed by atoms with Gasteiger partial charge in [-0.3, -0.25) is 24.1 Å². The van der Waals surface area contributed by atoms with Crippen molar-refractivity contribution in [1.29, 1.82) is 0 Å². The predicted octanol–water partition coefficient (Wildman–Crippen LogP) is 7.45. The Morgan fingerprint density at radius 1 is 0.804 bits per heavy atom. The van der Waals surface area contributed by atoms with Gasteiger partial charge in [0.15, 0.2) is 9.75 Å². The van der Waals surface area contributed by atoms with Crippen molar-refractivity contribution >= 4 is 75.3 Å². The minimum atomic E-state index is -2.13. The van der Waals surface area contributed by atoms with Crippen molar-refractivity contribution in [2.75, 3.05) is 42.0 Å². The average molecular weight is 797 g/mol. The molecular weight excluding hydrogens is 760 g/mol. The van der Waals surface area contributed by atoms with Gasteiger partial charge in [-0.25, -0.2) is 9.29 Å². The Bertz CT molecular complexity index is 2300. The molecule has 2 aliphatic heterocycles. The van der Waals surface area contributed by atoms with Crippen LogP contribution in [0.25, 0.3) is 0 Å². The average Bonchev–Trinajstić information content (AvgIpc) is 3.54. The van der Waals surface area contributed by atoms with Crippen molar-refractivity contribution < 1.29 is 33.4 Å². The molecule has 1 N–H and O–H groups in total. The summed E-state index contributed by atoms with van der Waals surface area (Å²) in [4.78, 5) is 57.7. The highest BCUT2D eigenvalue weighted by Crippen LogP contribution is 2.66. The molecule has 3 fully saturated rings. The molecule has 11 nitrogen and oxygen atoms in total. The molecule has 4 amide bonds. The Kier molecular flexibility index (Phi) is 9.54. The van der Waals surface area contributed by atoms with Crippen molar-refractivity contribution in [3.63, 3.8) is 0 Å². The van der Waals surface area contributed by atoms with Crippen molar-refractivity contribution in [3.8, 4) is 5.75 Å². The van der Waals surface area contributed by atoms with Crippen LogP contribution in [0.5, 0.6) is 5.75 Å². The number of amides is 4. The molecule has 4 aromatic carbocycles. The summed E-state index contributed by atoms with van der Waals surface area (Å²) in [5.74, 6) is -6.36. The van der Waals surface area contributed by atoms with Crippen molar-refractivity contribution in [2.24, 2.45) is 28.0 Å². The second-order valence-corrected chi connectivity index (χ2v) is 15.7. The summed E-state index contributed by atoms with van der Waals surface area (Å²) in [6.45, 7) is -0.366. The number of hydrogen-bond donors (Lipinski definition) is 1. The van der Waals surface area contributed by atoms with E-state index in [4.69, 9.17) is 27.9 Å². The van der Waals surface area contributed by atoms with E-state index < -0.39 is 62.9 Å².